The summed E-state index contributed by atoms with van der Waals surface area (Å²) in [5.41, 5.74) is 5.34. The number of thiophene rings is 1. The zero-order valence-corrected chi connectivity index (χ0v) is 17.4. The van der Waals surface area contributed by atoms with E-state index in [-0.39, 0.29) is 11.9 Å². The van der Waals surface area contributed by atoms with Crippen molar-refractivity contribution in [2.75, 3.05) is 10.6 Å². The molecule has 0 aliphatic heterocycles. The third-order valence-electron chi connectivity index (χ3n) is 4.66. The molecule has 3 heterocycles. The van der Waals surface area contributed by atoms with E-state index in [1.54, 1.807) is 23.7 Å². The van der Waals surface area contributed by atoms with Crippen molar-refractivity contribution >= 4 is 38.8 Å². The second-order valence-corrected chi connectivity index (χ2v) is 8.45. The van der Waals surface area contributed by atoms with Gasteiger partial charge in [-0.15, -0.1) is 11.3 Å². The summed E-state index contributed by atoms with van der Waals surface area (Å²) in [4.78, 5) is 22.4. The molecule has 1 unspecified atom stereocenters. The monoisotopic (exact) mass is 402 g/mol. The molecule has 0 aliphatic rings. The molecule has 2 N–H and O–H groups in total. The molecule has 3 aromatic heterocycles. The largest absolute Gasteiger partial charge is 0.377 e. The molecule has 0 aliphatic carbocycles. The minimum absolute atomic E-state index is 0.0628. The molecule has 1 amide bonds. The Morgan fingerprint density at radius 1 is 1.03 bits per heavy atom. The van der Waals surface area contributed by atoms with Gasteiger partial charge in [0.25, 0.3) is 5.91 Å². The van der Waals surface area contributed by atoms with Gasteiger partial charge in [0.15, 0.2) is 0 Å². The highest BCUT2D eigenvalue weighted by atomic mass is 32.1. The van der Waals surface area contributed by atoms with Gasteiger partial charge < -0.3 is 10.6 Å². The number of nitrogens with one attached hydrogen (secondary N) is 2. The van der Waals surface area contributed by atoms with Gasteiger partial charge >= 0.3 is 0 Å². The van der Waals surface area contributed by atoms with Gasteiger partial charge in [0.2, 0.25) is 0 Å². The Morgan fingerprint density at radius 2 is 1.90 bits per heavy atom. The molecule has 0 bridgehead atoms. The smallest absolute Gasteiger partial charge is 0.257 e. The second kappa shape index (κ2) is 8.01. The van der Waals surface area contributed by atoms with E-state index < -0.39 is 0 Å². The summed E-state index contributed by atoms with van der Waals surface area (Å²) in [6, 6.07) is 14.0. The molecule has 4 rings (SSSR count). The predicted octanol–water partition coefficient (Wildman–Crippen LogP) is 5.73. The Balaban J connectivity index is 1.48. The first-order valence-corrected chi connectivity index (χ1v) is 10.3. The van der Waals surface area contributed by atoms with Gasteiger partial charge in [0.05, 0.1) is 27.7 Å². The fraction of sp³-hybridized carbons (Fsp3) is 0.174. The van der Waals surface area contributed by atoms with Gasteiger partial charge in [0, 0.05) is 29.0 Å². The maximum atomic E-state index is 12.5. The quantitative estimate of drug-likeness (QED) is 0.447. The van der Waals surface area contributed by atoms with Crippen LogP contribution in [0, 0.1) is 13.8 Å². The van der Waals surface area contributed by atoms with E-state index in [0.29, 0.717) is 5.56 Å². The van der Waals surface area contributed by atoms with Gasteiger partial charge in [-0.05, 0) is 62.2 Å². The van der Waals surface area contributed by atoms with E-state index in [9.17, 15) is 4.79 Å². The number of carbonyl (C=O) groups is 1. The fourth-order valence-corrected chi connectivity index (χ4v) is 4.14. The lowest BCUT2D eigenvalue weighted by atomic mass is 10.1. The Morgan fingerprint density at radius 3 is 2.72 bits per heavy atom. The summed E-state index contributed by atoms with van der Waals surface area (Å²) in [6.45, 7) is 6.10. The van der Waals surface area contributed by atoms with Gasteiger partial charge in [-0.25, -0.2) is 0 Å². The number of pyridine rings is 2. The Labute approximate surface area is 173 Å². The van der Waals surface area contributed by atoms with Crippen LogP contribution in [-0.4, -0.2) is 15.9 Å². The molecule has 0 fully saturated rings. The number of carbonyl (C=O) groups excluding carboxylic acids is 1. The van der Waals surface area contributed by atoms with Crippen molar-refractivity contribution in [2.45, 2.75) is 26.8 Å². The summed E-state index contributed by atoms with van der Waals surface area (Å²) in [6.07, 6.45) is 5.17. The average molecular weight is 403 g/mol. The molecule has 146 valence electrons. The molecular weight excluding hydrogens is 380 g/mol. The summed E-state index contributed by atoms with van der Waals surface area (Å²) >= 11 is 1.74. The van der Waals surface area contributed by atoms with Crippen LogP contribution in [0.3, 0.4) is 0 Å². The Kier molecular flexibility index (Phi) is 5.27. The Bertz CT molecular complexity index is 1180. The van der Waals surface area contributed by atoms with E-state index in [1.807, 2.05) is 43.5 Å². The first kappa shape index (κ1) is 19.1. The highest BCUT2D eigenvalue weighted by Crippen LogP contribution is 2.28. The number of nitrogens with zero attached hydrogens (tertiary/aromatic N) is 2. The van der Waals surface area contributed by atoms with Gasteiger partial charge in [-0.3, -0.25) is 14.8 Å². The highest BCUT2D eigenvalue weighted by molar-refractivity contribution is 7.18. The summed E-state index contributed by atoms with van der Waals surface area (Å²) < 4.78 is 1.17. The SMILES string of the molecule is Cc1cncc(C(=O)Nc2cccc(C(C)Nc3cnc4cc(C)sc4c3)c2)c1. The topological polar surface area (TPSA) is 66.9 Å². The molecule has 1 aromatic carbocycles. The van der Waals surface area contributed by atoms with Crippen molar-refractivity contribution in [3.63, 3.8) is 0 Å². The van der Waals surface area contributed by atoms with E-state index in [0.717, 1.165) is 28.0 Å². The molecule has 4 aromatic rings. The summed E-state index contributed by atoms with van der Waals surface area (Å²) in [7, 11) is 0. The molecule has 0 radical (unpaired) electrons. The van der Waals surface area contributed by atoms with Crippen LogP contribution in [0.4, 0.5) is 11.4 Å². The zero-order valence-electron chi connectivity index (χ0n) is 16.6. The number of hydrogen-bond acceptors (Lipinski definition) is 5. The molecule has 0 saturated carbocycles. The zero-order chi connectivity index (χ0) is 20.4. The van der Waals surface area contributed by atoms with Crippen molar-refractivity contribution in [3.05, 3.63) is 82.6 Å². The van der Waals surface area contributed by atoms with Crippen LogP contribution in [0.15, 0.2) is 61.1 Å². The van der Waals surface area contributed by atoms with Crippen LogP contribution in [0.25, 0.3) is 10.2 Å². The molecule has 0 spiro atoms. The number of aryl methyl sites for hydroxylation is 2. The molecule has 6 heteroatoms. The van der Waals surface area contributed by atoms with Crippen LogP contribution < -0.4 is 10.6 Å². The van der Waals surface area contributed by atoms with Crippen molar-refractivity contribution in [3.8, 4) is 0 Å². The van der Waals surface area contributed by atoms with Gasteiger partial charge in [0.1, 0.15) is 0 Å². The Hall–Kier alpha value is -3.25. The third-order valence-corrected chi connectivity index (χ3v) is 5.64. The minimum Gasteiger partial charge on any atom is -0.377 e. The number of fused-ring (bicyclic) bond motifs is 1. The first-order valence-electron chi connectivity index (χ1n) is 9.43. The van der Waals surface area contributed by atoms with Gasteiger partial charge in [-0.1, -0.05) is 12.1 Å². The molecule has 1 atom stereocenters. The van der Waals surface area contributed by atoms with Crippen molar-refractivity contribution in [1.29, 1.82) is 0 Å². The average Bonchev–Trinajstić information content (AvgIpc) is 3.07. The lowest BCUT2D eigenvalue weighted by Crippen LogP contribution is -2.13. The summed E-state index contributed by atoms with van der Waals surface area (Å²) in [5, 5.41) is 6.45. The van der Waals surface area contributed by atoms with Crippen LogP contribution in [0.5, 0.6) is 0 Å². The van der Waals surface area contributed by atoms with Crippen molar-refractivity contribution in [1.82, 2.24) is 9.97 Å². The van der Waals surface area contributed by atoms with Crippen LogP contribution in [0.2, 0.25) is 0 Å². The van der Waals surface area contributed by atoms with Crippen LogP contribution in [0.1, 0.15) is 39.3 Å². The van der Waals surface area contributed by atoms with Crippen LogP contribution >= 0.6 is 11.3 Å². The molecule has 5 nitrogen and oxygen atoms in total. The predicted molar refractivity (Wildman–Crippen MR) is 120 cm³/mol. The normalized spacial score (nSPS) is 12.0. The van der Waals surface area contributed by atoms with Crippen molar-refractivity contribution in [2.24, 2.45) is 0 Å². The number of hydrogen-bond donors (Lipinski definition) is 2. The van der Waals surface area contributed by atoms with E-state index in [2.05, 4.69) is 46.6 Å². The highest BCUT2D eigenvalue weighted by Gasteiger charge is 2.11. The maximum Gasteiger partial charge on any atom is 0.257 e. The van der Waals surface area contributed by atoms with Crippen molar-refractivity contribution < 1.29 is 4.79 Å². The number of rotatable bonds is 5. The second-order valence-electron chi connectivity index (χ2n) is 7.16. The van der Waals surface area contributed by atoms with Crippen LogP contribution in [-0.2, 0) is 0 Å². The number of aromatic nitrogens is 2. The maximum absolute atomic E-state index is 12.5. The third kappa shape index (κ3) is 4.43. The first-order chi connectivity index (χ1) is 14.0. The number of benzene rings is 1. The molecular formula is C23H22N4OS. The molecule has 29 heavy (non-hydrogen) atoms. The van der Waals surface area contributed by atoms with E-state index >= 15 is 0 Å². The lowest BCUT2D eigenvalue weighted by Gasteiger charge is -2.17. The summed E-state index contributed by atoms with van der Waals surface area (Å²) in [5.74, 6) is -0.165. The minimum atomic E-state index is -0.165. The number of anilines is 2. The fourth-order valence-electron chi connectivity index (χ4n) is 3.22. The standard InChI is InChI=1S/C23H22N4OS/c1-14-7-18(12-24-11-14)23(28)27-19-6-4-5-17(9-19)16(3)26-20-10-22-21(25-13-20)8-15(2)29-22/h4-13,16,26H,1-3H3,(H,27,28). The molecule has 0 saturated heterocycles. The van der Waals surface area contributed by atoms with Gasteiger partial charge in [-0.2, -0.15) is 0 Å². The number of amides is 1. The van der Waals surface area contributed by atoms with E-state index in [4.69, 9.17) is 0 Å². The lowest BCUT2D eigenvalue weighted by molar-refractivity contribution is 0.102. The van der Waals surface area contributed by atoms with E-state index in [1.165, 1.54) is 9.58 Å².